The number of hydrogen-bond donors (Lipinski definition) is 2. The number of ether oxygens (including phenoxy) is 1. The van der Waals surface area contributed by atoms with Crippen LogP contribution in [0.1, 0.15) is 43.0 Å². The summed E-state index contributed by atoms with van der Waals surface area (Å²) in [5, 5.41) is 15.2. The lowest BCUT2D eigenvalue weighted by Crippen LogP contribution is -2.42. The van der Waals surface area contributed by atoms with Crippen LogP contribution in [0.25, 0.3) is 0 Å². The SMILES string of the molecule is CCNC(=NCc1nnc(C)n1C)NCC(c1ccccc1OC)N1CCCC1. The van der Waals surface area contributed by atoms with Crippen molar-refractivity contribution >= 4 is 5.96 Å². The first-order chi connectivity index (χ1) is 14.1. The van der Waals surface area contributed by atoms with Crippen molar-refractivity contribution in [1.82, 2.24) is 30.3 Å². The van der Waals surface area contributed by atoms with Gasteiger partial charge in [0, 0.05) is 25.7 Å². The van der Waals surface area contributed by atoms with Gasteiger partial charge >= 0.3 is 0 Å². The molecule has 1 aliphatic rings. The molecule has 2 heterocycles. The minimum absolute atomic E-state index is 0.231. The minimum atomic E-state index is 0.231. The van der Waals surface area contributed by atoms with Crippen LogP contribution in [-0.2, 0) is 13.6 Å². The predicted molar refractivity (Wildman–Crippen MR) is 115 cm³/mol. The molecule has 8 heteroatoms. The molecule has 2 aromatic rings. The van der Waals surface area contributed by atoms with Crippen LogP contribution >= 0.6 is 0 Å². The maximum absolute atomic E-state index is 5.64. The maximum Gasteiger partial charge on any atom is 0.191 e. The molecule has 3 rings (SSSR count). The molecule has 0 bridgehead atoms. The fraction of sp³-hybridized carbons (Fsp3) is 0.571. The van der Waals surface area contributed by atoms with Crippen molar-refractivity contribution < 1.29 is 4.74 Å². The van der Waals surface area contributed by atoms with Gasteiger partial charge in [-0.2, -0.15) is 0 Å². The van der Waals surface area contributed by atoms with E-state index in [2.05, 4.69) is 44.8 Å². The molecule has 1 unspecified atom stereocenters. The molecule has 158 valence electrons. The van der Waals surface area contributed by atoms with Gasteiger partial charge in [0.05, 0.1) is 13.2 Å². The molecule has 0 aliphatic carbocycles. The number of rotatable bonds is 8. The summed E-state index contributed by atoms with van der Waals surface area (Å²) in [6.45, 7) is 8.26. The third-order valence-electron chi connectivity index (χ3n) is 5.45. The Morgan fingerprint density at radius 3 is 2.62 bits per heavy atom. The van der Waals surface area contributed by atoms with Gasteiger partial charge in [-0.05, 0) is 45.8 Å². The minimum Gasteiger partial charge on any atom is -0.496 e. The first-order valence-electron chi connectivity index (χ1n) is 10.4. The van der Waals surface area contributed by atoms with Crippen LogP contribution in [0.5, 0.6) is 5.75 Å². The maximum atomic E-state index is 5.64. The highest BCUT2D eigenvalue weighted by Crippen LogP contribution is 2.31. The number of para-hydroxylation sites is 1. The van der Waals surface area contributed by atoms with E-state index in [-0.39, 0.29) is 6.04 Å². The lowest BCUT2D eigenvalue weighted by Gasteiger charge is -2.30. The Balaban J connectivity index is 1.75. The Bertz CT molecular complexity index is 811. The monoisotopic (exact) mass is 399 g/mol. The van der Waals surface area contributed by atoms with E-state index >= 15 is 0 Å². The van der Waals surface area contributed by atoms with Crippen molar-refractivity contribution in [1.29, 1.82) is 0 Å². The zero-order chi connectivity index (χ0) is 20.6. The van der Waals surface area contributed by atoms with Crippen LogP contribution in [0.2, 0.25) is 0 Å². The molecule has 0 spiro atoms. The van der Waals surface area contributed by atoms with E-state index in [0.717, 1.165) is 49.5 Å². The van der Waals surface area contributed by atoms with Crippen LogP contribution in [0.3, 0.4) is 0 Å². The molecule has 2 N–H and O–H groups in total. The van der Waals surface area contributed by atoms with Gasteiger partial charge in [0.1, 0.15) is 18.1 Å². The van der Waals surface area contributed by atoms with E-state index < -0.39 is 0 Å². The second kappa shape index (κ2) is 10.2. The normalized spacial score (nSPS) is 16.1. The van der Waals surface area contributed by atoms with Crippen LogP contribution < -0.4 is 15.4 Å². The standard InChI is InChI=1S/C21H33N7O/c1-5-22-21(24-15-20-26-25-16(2)27(20)3)23-14-18(28-12-8-9-13-28)17-10-6-7-11-19(17)29-4/h6-7,10-11,18H,5,8-9,12-15H2,1-4H3,(H2,22,23,24). The Hall–Kier alpha value is -2.61. The third kappa shape index (κ3) is 5.26. The molecule has 1 atom stereocenters. The van der Waals surface area contributed by atoms with E-state index in [1.807, 2.05) is 30.7 Å². The van der Waals surface area contributed by atoms with E-state index in [1.54, 1.807) is 7.11 Å². The van der Waals surface area contributed by atoms with Crippen LogP contribution in [0, 0.1) is 6.92 Å². The fourth-order valence-corrected chi connectivity index (χ4v) is 3.70. The fourth-order valence-electron chi connectivity index (χ4n) is 3.70. The van der Waals surface area contributed by atoms with Crippen LogP contribution in [-0.4, -0.2) is 58.9 Å². The second-order valence-electron chi connectivity index (χ2n) is 7.30. The Labute approximate surface area is 173 Å². The van der Waals surface area contributed by atoms with Gasteiger partial charge in [-0.1, -0.05) is 18.2 Å². The molecule has 0 radical (unpaired) electrons. The van der Waals surface area contributed by atoms with Gasteiger partial charge in [-0.25, -0.2) is 4.99 Å². The molecule has 0 saturated carbocycles. The molecule has 1 aromatic carbocycles. The number of nitrogens with zero attached hydrogens (tertiary/aromatic N) is 5. The van der Waals surface area contributed by atoms with E-state index in [9.17, 15) is 0 Å². The summed E-state index contributed by atoms with van der Waals surface area (Å²) in [5.41, 5.74) is 1.21. The Morgan fingerprint density at radius 2 is 1.97 bits per heavy atom. The number of guanidine groups is 1. The highest BCUT2D eigenvalue weighted by Gasteiger charge is 2.26. The highest BCUT2D eigenvalue weighted by atomic mass is 16.5. The molecular weight excluding hydrogens is 366 g/mol. The second-order valence-corrected chi connectivity index (χ2v) is 7.30. The predicted octanol–water partition coefficient (Wildman–Crippen LogP) is 2.02. The molecule has 1 aromatic heterocycles. The average molecular weight is 400 g/mol. The summed E-state index contributed by atoms with van der Waals surface area (Å²) in [6, 6.07) is 8.53. The Morgan fingerprint density at radius 1 is 1.21 bits per heavy atom. The van der Waals surface area contributed by atoms with Gasteiger partial charge in [-0.3, -0.25) is 4.90 Å². The number of hydrogen-bond acceptors (Lipinski definition) is 5. The summed E-state index contributed by atoms with van der Waals surface area (Å²) in [4.78, 5) is 7.24. The number of aromatic nitrogens is 3. The van der Waals surface area contributed by atoms with Gasteiger partial charge < -0.3 is 19.9 Å². The molecular formula is C21H33N7O. The lowest BCUT2D eigenvalue weighted by atomic mass is 10.0. The van der Waals surface area contributed by atoms with E-state index in [0.29, 0.717) is 6.54 Å². The summed E-state index contributed by atoms with van der Waals surface area (Å²) >= 11 is 0. The zero-order valence-electron chi connectivity index (χ0n) is 18.0. The summed E-state index contributed by atoms with van der Waals surface area (Å²) in [6.07, 6.45) is 2.48. The van der Waals surface area contributed by atoms with Crippen molar-refractivity contribution in [2.24, 2.45) is 12.0 Å². The zero-order valence-corrected chi connectivity index (χ0v) is 18.0. The van der Waals surface area contributed by atoms with Crippen molar-refractivity contribution in [3.63, 3.8) is 0 Å². The number of benzene rings is 1. The number of nitrogens with one attached hydrogen (secondary N) is 2. The molecule has 0 amide bonds. The first kappa shape index (κ1) is 21.1. The van der Waals surface area contributed by atoms with Gasteiger partial charge in [0.25, 0.3) is 0 Å². The van der Waals surface area contributed by atoms with E-state index in [1.165, 1.54) is 18.4 Å². The van der Waals surface area contributed by atoms with E-state index in [4.69, 9.17) is 9.73 Å². The van der Waals surface area contributed by atoms with Crippen molar-refractivity contribution in [3.05, 3.63) is 41.5 Å². The van der Waals surface area contributed by atoms with Crippen LogP contribution in [0.15, 0.2) is 29.3 Å². The third-order valence-corrected chi connectivity index (χ3v) is 5.45. The van der Waals surface area contributed by atoms with Crippen molar-refractivity contribution in [3.8, 4) is 5.75 Å². The van der Waals surface area contributed by atoms with Gasteiger partial charge in [-0.15, -0.1) is 10.2 Å². The number of aliphatic imine (C=N–C) groups is 1. The topological polar surface area (TPSA) is 79.6 Å². The van der Waals surface area contributed by atoms with Crippen LogP contribution in [0.4, 0.5) is 0 Å². The van der Waals surface area contributed by atoms with Crippen molar-refractivity contribution in [2.45, 2.75) is 39.3 Å². The molecule has 29 heavy (non-hydrogen) atoms. The Kier molecular flexibility index (Phi) is 7.46. The molecule has 1 fully saturated rings. The number of likely N-dealkylation sites (tertiary alicyclic amines) is 1. The average Bonchev–Trinajstić information content (AvgIpc) is 3.38. The summed E-state index contributed by atoms with van der Waals surface area (Å²) in [7, 11) is 3.70. The summed E-state index contributed by atoms with van der Waals surface area (Å²) < 4.78 is 7.61. The molecule has 1 saturated heterocycles. The van der Waals surface area contributed by atoms with Crippen molar-refractivity contribution in [2.75, 3.05) is 33.3 Å². The number of methoxy groups -OCH3 is 1. The molecule has 8 nitrogen and oxygen atoms in total. The smallest absolute Gasteiger partial charge is 0.191 e. The quantitative estimate of drug-likeness (QED) is 0.522. The highest BCUT2D eigenvalue weighted by molar-refractivity contribution is 5.79. The number of aryl methyl sites for hydroxylation is 1. The van der Waals surface area contributed by atoms with Gasteiger partial charge in [0.2, 0.25) is 0 Å². The van der Waals surface area contributed by atoms with Gasteiger partial charge in [0.15, 0.2) is 11.8 Å². The molecule has 1 aliphatic heterocycles. The lowest BCUT2D eigenvalue weighted by molar-refractivity contribution is 0.239. The summed E-state index contributed by atoms with van der Waals surface area (Å²) in [5.74, 6) is 3.45. The largest absolute Gasteiger partial charge is 0.496 e. The first-order valence-corrected chi connectivity index (χ1v) is 10.4.